The Hall–Kier alpha value is -3.14. The molecule has 2 aromatic carbocycles. The van der Waals surface area contributed by atoms with Crippen molar-refractivity contribution in [2.45, 2.75) is 6.92 Å². The lowest BCUT2D eigenvalue weighted by atomic mass is 10.0. The summed E-state index contributed by atoms with van der Waals surface area (Å²) < 4.78 is 10.2. The van der Waals surface area contributed by atoms with Gasteiger partial charge in [-0.25, -0.2) is 4.79 Å². The molecule has 3 aromatic rings. The Labute approximate surface area is 147 Å². The minimum Gasteiger partial charge on any atom is -0.492 e. The fourth-order valence-corrected chi connectivity index (χ4v) is 2.59. The standard InChI is InChI=1S/C21H19NO3/c1-3-25-20-12-19(13-22-14-20)17-6-4-15(5-7-17)16-8-10-18(11-9-16)21(23)24-2/h4-14H,3H2,1-2H3. The van der Waals surface area contributed by atoms with E-state index in [0.717, 1.165) is 28.0 Å². The molecule has 0 spiro atoms. The molecule has 126 valence electrons. The Morgan fingerprint density at radius 1 is 0.880 bits per heavy atom. The summed E-state index contributed by atoms with van der Waals surface area (Å²) in [4.78, 5) is 15.7. The first-order chi connectivity index (χ1) is 12.2. The molecular weight excluding hydrogens is 314 g/mol. The van der Waals surface area contributed by atoms with Gasteiger partial charge in [-0.15, -0.1) is 0 Å². The summed E-state index contributed by atoms with van der Waals surface area (Å²) in [7, 11) is 1.38. The van der Waals surface area contributed by atoms with Crippen LogP contribution >= 0.6 is 0 Å². The summed E-state index contributed by atoms with van der Waals surface area (Å²) in [6.07, 6.45) is 3.53. The third kappa shape index (κ3) is 3.86. The van der Waals surface area contributed by atoms with Crippen molar-refractivity contribution >= 4 is 5.97 Å². The number of rotatable bonds is 5. The number of ether oxygens (including phenoxy) is 2. The van der Waals surface area contributed by atoms with Crippen LogP contribution in [-0.2, 0) is 4.74 Å². The second-order valence-corrected chi connectivity index (χ2v) is 5.49. The molecule has 0 unspecified atom stereocenters. The van der Waals surface area contributed by atoms with Crippen LogP contribution in [0.5, 0.6) is 5.75 Å². The molecule has 4 heteroatoms. The van der Waals surface area contributed by atoms with Gasteiger partial charge in [-0.3, -0.25) is 4.98 Å². The molecule has 0 aliphatic rings. The number of esters is 1. The Morgan fingerprint density at radius 2 is 1.44 bits per heavy atom. The molecule has 3 rings (SSSR count). The summed E-state index contributed by atoms with van der Waals surface area (Å²) in [5.41, 5.74) is 4.75. The summed E-state index contributed by atoms with van der Waals surface area (Å²) in [6, 6.07) is 17.6. The highest BCUT2D eigenvalue weighted by atomic mass is 16.5. The fraction of sp³-hybridized carbons (Fsp3) is 0.143. The van der Waals surface area contributed by atoms with Gasteiger partial charge in [-0.05, 0) is 41.8 Å². The van der Waals surface area contributed by atoms with E-state index < -0.39 is 0 Å². The molecule has 4 nitrogen and oxygen atoms in total. The van der Waals surface area contributed by atoms with Crippen molar-refractivity contribution in [1.29, 1.82) is 0 Å². The van der Waals surface area contributed by atoms with E-state index in [-0.39, 0.29) is 5.97 Å². The molecule has 1 aromatic heterocycles. The number of hydrogen-bond acceptors (Lipinski definition) is 4. The van der Waals surface area contributed by atoms with Crippen molar-refractivity contribution in [3.63, 3.8) is 0 Å². The predicted molar refractivity (Wildman–Crippen MR) is 97.6 cm³/mol. The van der Waals surface area contributed by atoms with E-state index in [2.05, 4.69) is 29.2 Å². The van der Waals surface area contributed by atoms with Crippen LogP contribution in [0.4, 0.5) is 0 Å². The van der Waals surface area contributed by atoms with E-state index in [0.29, 0.717) is 12.2 Å². The zero-order valence-electron chi connectivity index (χ0n) is 14.2. The van der Waals surface area contributed by atoms with Gasteiger partial charge in [0.05, 0.1) is 25.5 Å². The zero-order valence-corrected chi connectivity index (χ0v) is 14.2. The van der Waals surface area contributed by atoms with Gasteiger partial charge in [-0.2, -0.15) is 0 Å². The van der Waals surface area contributed by atoms with Gasteiger partial charge >= 0.3 is 5.97 Å². The van der Waals surface area contributed by atoms with E-state index in [1.54, 1.807) is 18.3 Å². The normalized spacial score (nSPS) is 10.3. The third-order valence-corrected chi connectivity index (χ3v) is 3.88. The molecule has 25 heavy (non-hydrogen) atoms. The SMILES string of the molecule is CCOc1cncc(-c2ccc(-c3ccc(C(=O)OC)cc3)cc2)c1. The van der Waals surface area contributed by atoms with E-state index >= 15 is 0 Å². The van der Waals surface area contributed by atoms with Gasteiger partial charge in [0.2, 0.25) is 0 Å². The minimum atomic E-state index is -0.330. The fourth-order valence-electron chi connectivity index (χ4n) is 2.59. The summed E-state index contributed by atoms with van der Waals surface area (Å²) in [5.74, 6) is 0.436. The first-order valence-electron chi connectivity index (χ1n) is 8.08. The topological polar surface area (TPSA) is 48.4 Å². The quantitative estimate of drug-likeness (QED) is 0.640. The van der Waals surface area contributed by atoms with Crippen LogP contribution in [0, 0.1) is 0 Å². The second kappa shape index (κ2) is 7.62. The predicted octanol–water partition coefficient (Wildman–Crippen LogP) is 4.60. The van der Waals surface area contributed by atoms with Crippen LogP contribution in [0.2, 0.25) is 0 Å². The molecule has 0 radical (unpaired) electrons. The third-order valence-electron chi connectivity index (χ3n) is 3.88. The molecule has 0 N–H and O–H groups in total. The lowest BCUT2D eigenvalue weighted by molar-refractivity contribution is 0.0601. The molecule has 0 saturated heterocycles. The van der Waals surface area contributed by atoms with Crippen molar-refractivity contribution in [2.24, 2.45) is 0 Å². The zero-order chi connectivity index (χ0) is 17.6. The number of aromatic nitrogens is 1. The van der Waals surface area contributed by atoms with E-state index in [1.807, 2.05) is 31.3 Å². The van der Waals surface area contributed by atoms with E-state index in [4.69, 9.17) is 9.47 Å². The van der Waals surface area contributed by atoms with Crippen molar-refractivity contribution in [2.75, 3.05) is 13.7 Å². The summed E-state index contributed by atoms with van der Waals surface area (Å²) in [6.45, 7) is 2.57. The monoisotopic (exact) mass is 333 g/mol. The number of methoxy groups -OCH3 is 1. The van der Waals surface area contributed by atoms with Crippen molar-refractivity contribution in [3.8, 4) is 28.0 Å². The molecule has 0 fully saturated rings. The van der Waals surface area contributed by atoms with Crippen LogP contribution in [-0.4, -0.2) is 24.7 Å². The lowest BCUT2D eigenvalue weighted by Crippen LogP contribution is -2.00. The highest BCUT2D eigenvalue weighted by Crippen LogP contribution is 2.26. The van der Waals surface area contributed by atoms with Crippen molar-refractivity contribution in [3.05, 3.63) is 72.6 Å². The number of carbonyl (C=O) groups is 1. The Morgan fingerprint density at radius 3 is 2.00 bits per heavy atom. The average molecular weight is 333 g/mol. The summed E-state index contributed by atoms with van der Waals surface area (Å²) >= 11 is 0. The largest absolute Gasteiger partial charge is 0.492 e. The molecule has 0 aliphatic heterocycles. The second-order valence-electron chi connectivity index (χ2n) is 5.49. The van der Waals surface area contributed by atoms with Gasteiger partial charge < -0.3 is 9.47 Å². The highest BCUT2D eigenvalue weighted by molar-refractivity contribution is 5.90. The van der Waals surface area contributed by atoms with Crippen LogP contribution in [0.25, 0.3) is 22.3 Å². The van der Waals surface area contributed by atoms with Crippen LogP contribution in [0.3, 0.4) is 0 Å². The molecule has 0 bridgehead atoms. The highest BCUT2D eigenvalue weighted by Gasteiger charge is 2.06. The van der Waals surface area contributed by atoms with Gasteiger partial charge in [0, 0.05) is 11.8 Å². The summed E-state index contributed by atoms with van der Waals surface area (Å²) in [5, 5.41) is 0. The van der Waals surface area contributed by atoms with Crippen molar-refractivity contribution in [1.82, 2.24) is 4.98 Å². The first-order valence-corrected chi connectivity index (χ1v) is 8.08. The smallest absolute Gasteiger partial charge is 0.337 e. The first kappa shape index (κ1) is 16.7. The molecule has 1 heterocycles. The van der Waals surface area contributed by atoms with Crippen LogP contribution in [0.1, 0.15) is 17.3 Å². The number of hydrogen-bond donors (Lipinski definition) is 0. The van der Waals surface area contributed by atoms with Gasteiger partial charge in [0.1, 0.15) is 5.75 Å². The van der Waals surface area contributed by atoms with E-state index in [9.17, 15) is 4.79 Å². The Balaban J connectivity index is 1.82. The molecule has 0 atom stereocenters. The lowest BCUT2D eigenvalue weighted by Gasteiger charge is -2.07. The Bertz CT molecular complexity index is 855. The van der Waals surface area contributed by atoms with E-state index in [1.165, 1.54) is 7.11 Å². The van der Waals surface area contributed by atoms with Crippen LogP contribution in [0.15, 0.2) is 67.0 Å². The minimum absolute atomic E-state index is 0.330. The maximum absolute atomic E-state index is 11.5. The maximum atomic E-state index is 11.5. The Kier molecular flexibility index (Phi) is 5.09. The average Bonchev–Trinajstić information content (AvgIpc) is 2.68. The maximum Gasteiger partial charge on any atom is 0.337 e. The van der Waals surface area contributed by atoms with Crippen LogP contribution < -0.4 is 4.74 Å². The number of benzene rings is 2. The van der Waals surface area contributed by atoms with Gasteiger partial charge in [0.25, 0.3) is 0 Å². The molecule has 0 aliphatic carbocycles. The van der Waals surface area contributed by atoms with Gasteiger partial charge in [-0.1, -0.05) is 36.4 Å². The van der Waals surface area contributed by atoms with Gasteiger partial charge in [0.15, 0.2) is 0 Å². The van der Waals surface area contributed by atoms with Crippen molar-refractivity contribution < 1.29 is 14.3 Å². The molecule has 0 amide bonds. The number of pyridine rings is 1. The molecule has 0 saturated carbocycles. The molecular formula is C21H19NO3. The number of nitrogens with zero attached hydrogens (tertiary/aromatic N) is 1. The number of carbonyl (C=O) groups excluding carboxylic acids is 1.